The molecule has 4 heteroatoms. The number of Topliss-reactive ketones (excluding diaryl/α,β-unsaturated/α-hetero) is 1. The molecule has 1 aromatic carbocycles. The van der Waals surface area contributed by atoms with Crippen LogP contribution >= 0.6 is 11.6 Å². The third-order valence-electron chi connectivity index (χ3n) is 3.01. The second-order valence-electron chi connectivity index (χ2n) is 4.44. The average molecular weight is 264 g/mol. The lowest BCUT2D eigenvalue weighted by molar-refractivity contribution is -0.116. The predicted octanol–water partition coefficient (Wildman–Crippen LogP) is 2.71. The number of carbonyl (C=O) groups is 1. The van der Waals surface area contributed by atoms with Crippen molar-refractivity contribution in [3.63, 3.8) is 0 Å². The van der Waals surface area contributed by atoms with Crippen LogP contribution in [-0.4, -0.2) is 10.4 Å². The van der Waals surface area contributed by atoms with Crippen molar-refractivity contribution in [3.8, 4) is 0 Å². The molecule has 0 amide bonds. The van der Waals surface area contributed by atoms with Crippen molar-refractivity contribution in [2.75, 3.05) is 0 Å². The third-order valence-corrected chi connectivity index (χ3v) is 3.24. The molecule has 0 aliphatic rings. The minimum Gasteiger partial charge on any atom is -0.311 e. The van der Waals surface area contributed by atoms with Crippen molar-refractivity contribution in [1.82, 2.24) is 4.57 Å². The molecule has 18 heavy (non-hydrogen) atoms. The predicted molar refractivity (Wildman–Crippen MR) is 73.2 cm³/mol. The molecule has 0 N–H and O–H groups in total. The second-order valence-corrected chi connectivity index (χ2v) is 4.88. The minimum atomic E-state index is -0.0639. The van der Waals surface area contributed by atoms with Crippen LogP contribution in [0.4, 0.5) is 0 Å². The van der Waals surface area contributed by atoms with Crippen LogP contribution in [-0.2, 0) is 18.3 Å². The fraction of sp³-hybridized carbons (Fsp3) is 0.286. The highest BCUT2D eigenvalue weighted by Gasteiger charge is 2.08. The number of hydrogen-bond donors (Lipinski definition) is 0. The van der Waals surface area contributed by atoms with Crippen molar-refractivity contribution >= 4 is 28.3 Å². The number of fused-ring (bicyclic) bond motifs is 1. The first kappa shape index (κ1) is 12.8. The fourth-order valence-electron chi connectivity index (χ4n) is 1.99. The molecule has 1 heterocycles. The van der Waals surface area contributed by atoms with Crippen molar-refractivity contribution in [3.05, 3.63) is 45.2 Å². The third kappa shape index (κ3) is 2.46. The van der Waals surface area contributed by atoms with E-state index >= 15 is 0 Å². The van der Waals surface area contributed by atoms with Crippen molar-refractivity contribution in [2.24, 2.45) is 7.05 Å². The largest absolute Gasteiger partial charge is 0.311 e. The summed E-state index contributed by atoms with van der Waals surface area (Å²) >= 11 is 5.93. The molecule has 0 atom stereocenters. The molecule has 2 aromatic rings. The number of halogens is 1. The first-order chi connectivity index (χ1) is 8.49. The first-order valence-electron chi connectivity index (χ1n) is 5.76. The number of benzene rings is 1. The fourth-order valence-corrected chi connectivity index (χ4v) is 2.16. The van der Waals surface area contributed by atoms with E-state index in [4.69, 9.17) is 11.6 Å². The Morgan fingerprint density at radius 1 is 1.33 bits per heavy atom. The van der Waals surface area contributed by atoms with Gasteiger partial charge >= 0.3 is 0 Å². The summed E-state index contributed by atoms with van der Waals surface area (Å²) in [7, 11) is 1.72. The van der Waals surface area contributed by atoms with E-state index in [9.17, 15) is 9.59 Å². The Balaban J connectivity index is 2.57. The maximum atomic E-state index is 12.1. The van der Waals surface area contributed by atoms with Gasteiger partial charge in [-0.1, -0.05) is 17.7 Å². The van der Waals surface area contributed by atoms with Crippen LogP contribution in [0.15, 0.2) is 29.1 Å². The van der Waals surface area contributed by atoms with Gasteiger partial charge in [0.1, 0.15) is 5.78 Å². The average Bonchev–Trinajstić information content (AvgIpc) is 2.32. The zero-order chi connectivity index (χ0) is 13.3. The number of aryl methyl sites for hydroxylation is 2. The molecule has 0 saturated heterocycles. The van der Waals surface area contributed by atoms with Crippen LogP contribution in [0.5, 0.6) is 0 Å². The summed E-state index contributed by atoms with van der Waals surface area (Å²) in [5, 5.41) is 1.56. The maximum Gasteiger partial charge on any atom is 0.253 e. The van der Waals surface area contributed by atoms with Crippen LogP contribution in [0.25, 0.3) is 10.9 Å². The second kappa shape index (κ2) is 4.94. The molecular formula is C14H14ClNO2. The highest BCUT2D eigenvalue weighted by molar-refractivity contribution is 6.31. The van der Waals surface area contributed by atoms with Gasteiger partial charge in [0, 0.05) is 24.1 Å². The lowest BCUT2D eigenvalue weighted by Crippen LogP contribution is -2.21. The summed E-state index contributed by atoms with van der Waals surface area (Å²) in [6.07, 6.45) is 0.884. The Morgan fingerprint density at radius 3 is 2.72 bits per heavy atom. The monoisotopic (exact) mass is 263 g/mol. The van der Waals surface area contributed by atoms with E-state index < -0.39 is 0 Å². The molecular weight excluding hydrogens is 250 g/mol. The minimum absolute atomic E-state index is 0.0639. The highest BCUT2D eigenvalue weighted by atomic mass is 35.5. The molecule has 0 radical (unpaired) electrons. The highest BCUT2D eigenvalue weighted by Crippen LogP contribution is 2.18. The van der Waals surface area contributed by atoms with Crippen molar-refractivity contribution < 1.29 is 4.79 Å². The topological polar surface area (TPSA) is 39.1 Å². The Bertz CT molecular complexity index is 673. The molecule has 0 unspecified atom stereocenters. The number of rotatable bonds is 3. The molecule has 1 aromatic heterocycles. The van der Waals surface area contributed by atoms with Gasteiger partial charge in [0.15, 0.2) is 0 Å². The van der Waals surface area contributed by atoms with Gasteiger partial charge in [-0.2, -0.15) is 0 Å². The molecule has 0 aliphatic carbocycles. The van der Waals surface area contributed by atoms with Gasteiger partial charge in [-0.05, 0) is 36.9 Å². The van der Waals surface area contributed by atoms with E-state index in [-0.39, 0.29) is 11.3 Å². The van der Waals surface area contributed by atoms with Crippen LogP contribution in [0.3, 0.4) is 0 Å². The number of ketones is 1. The van der Waals surface area contributed by atoms with E-state index in [1.54, 1.807) is 23.7 Å². The molecule has 2 rings (SSSR count). The van der Waals surface area contributed by atoms with Gasteiger partial charge in [-0.15, -0.1) is 0 Å². The summed E-state index contributed by atoms with van der Waals surface area (Å²) in [4.78, 5) is 23.1. The normalized spacial score (nSPS) is 10.8. The summed E-state index contributed by atoms with van der Waals surface area (Å²) in [5.74, 6) is 0.0910. The summed E-state index contributed by atoms with van der Waals surface area (Å²) < 4.78 is 1.58. The number of hydrogen-bond acceptors (Lipinski definition) is 2. The number of aromatic nitrogens is 1. The van der Waals surface area contributed by atoms with Gasteiger partial charge in [-0.3, -0.25) is 4.79 Å². The molecule has 3 nitrogen and oxygen atoms in total. The van der Waals surface area contributed by atoms with E-state index in [0.717, 1.165) is 10.9 Å². The lowest BCUT2D eigenvalue weighted by Gasteiger charge is -2.08. The van der Waals surface area contributed by atoms with E-state index in [0.29, 0.717) is 23.4 Å². The Morgan fingerprint density at radius 2 is 2.06 bits per heavy atom. The van der Waals surface area contributed by atoms with E-state index in [2.05, 4.69) is 0 Å². The van der Waals surface area contributed by atoms with Gasteiger partial charge in [0.25, 0.3) is 5.56 Å². The number of pyridine rings is 1. The van der Waals surface area contributed by atoms with Gasteiger partial charge in [0.05, 0.1) is 5.52 Å². The quantitative estimate of drug-likeness (QED) is 0.854. The Hall–Kier alpha value is -1.61. The molecule has 0 bridgehead atoms. The zero-order valence-electron chi connectivity index (χ0n) is 10.4. The SMILES string of the molecule is CC(=O)CCc1cc2ccc(Cl)cc2n(C)c1=O. The smallest absolute Gasteiger partial charge is 0.253 e. The molecule has 0 saturated carbocycles. The standard InChI is InChI=1S/C14H14ClNO2/c1-9(17)3-4-11-7-10-5-6-12(15)8-13(10)16(2)14(11)18/h5-8H,3-4H2,1-2H3. The molecule has 0 fully saturated rings. The molecule has 0 spiro atoms. The van der Waals surface area contributed by atoms with Crippen LogP contribution < -0.4 is 5.56 Å². The molecule has 0 aliphatic heterocycles. The van der Waals surface area contributed by atoms with Crippen LogP contribution in [0.2, 0.25) is 5.02 Å². The Kier molecular flexibility index (Phi) is 3.53. The Labute approximate surface area is 110 Å². The molecule has 94 valence electrons. The number of carbonyl (C=O) groups excluding carboxylic acids is 1. The van der Waals surface area contributed by atoms with Gasteiger partial charge < -0.3 is 9.36 Å². The van der Waals surface area contributed by atoms with E-state index in [1.165, 1.54) is 6.92 Å². The summed E-state index contributed by atoms with van der Waals surface area (Å²) in [5.41, 5.74) is 1.41. The summed E-state index contributed by atoms with van der Waals surface area (Å²) in [6, 6.07) is 7.29. The maximum absolute atomic E-state index is 12.1. The van der Waals surface area contributed by atoms with E-state index in [1.807, 2.05) is 12.1 Å². The van der Waals surface area contributed by atoms with Crippen LogP contribution in [0, 0.1) is 0 Å². The first-order valence-corrected chi connectivity index (χ1v) is 6.14. The number of nitrogens with zero attached hydrogens (tertiary/aromatic N) is 1. The zero-order valence-corrected chi connectivity index (χ0v) is 11.1. The van der Waals surface area contributed by atoms with Gasteiger partial charge in [0.2, 0.25) is 0 Å². The summed E-state index contributed by atoms with van der Waals surface area (Å²) in [6.45, 7) is 1.53. The van der Waals surface area contributed by atoms with Gasteiger partial charge in [-0.25, -0.2) is 0 Å². The van der Waals surface area contributed by atoms with Crippen LogP contribution in [0.1, 0.15) is 18.9 Å². The van der Waals surface area contributed by atoms with Crippen molar-refractivity contribution in [1.29, 1.82) is 0 Å². The lowest BCUT2D eigenvalue weighted by atomic mass is 10.1. The van der Waals surface area contributed by atoms with Crippen molar-refractivity contribution in [2.45, 2.75) is 19.8 Å².